The summed E-state index contributed by atoms with van der Waals surface area (Å²) in [4.78, 5) is 0. The molecule has 10 heteroatoms. The maximum atomic E-state index is 4.82. The van der Waals surface area contributed by atoms with E-state index in [1.165, 1.54) is 55.5 Å². The van der Waals surface area contributed by atoms with Gasteiger partial charge in [0, 0.05) is 18.6 Å². The third kappa shape index (κ3) is 55.7. The third-order valence-electron chi connectivity index (χ3n) is 4.90. The standard InChI is InChI=1S/3C6H15P.C5H5.CH3.2Al.3ClH.O.V.3H/c3*1-4-7(5-2)6-3;1-2-4-5-3-1;;;;;;;;;;;/h3*4-6H2,1-3H3;1-3H,4H2;1H3;;;3*1H;;;;;/q;;;-1;;;;;;;;;;;. The molecule has 0 aromatic heterocycles. The molecule has 1 rings (SSSR count). The average Bonchev–Trinajstić information content (AvgIpc) is 3.39. The number of rotatable bonds is 10. The first-order valence-electron chi connectivity index (χ1n) is 12.3. The van der Waals surface area contributed by atoms with Crippen molar-refractivity contribution in [3.05, 3.63) is 24.3 Å². The number of halogens is 3. The van der Waals surface area contributed by atoms with Crippen molar-refractivity contribution in [3.63, 3.8) is 0 Å². The van der Waals surface area contributed by atoms with Crippen LogP contribution in [0.5, 0.6) is 0 Å². The van der Waals surface area contributed by atoms with Crippen LogP contribution in [-0.2, 0) is 21.4 Å². The Morgan fingerprint density at radius 2 is 0.912 bits per heavy atom. The van der Waals surface area contributed by atoms with Crippen LogP contribution in [0.4, 0.5) is 0 Å². The van der Waals surface area contributed by atoms with Gasteiger partial charge in [-0.05, 0) is 55.5 Å². The molecular weight excluding hydrogens is 608 g/mol. The normalized spacial score (nSPS) is 9.68. The zero-order chi connectivity index (χ0) is 24.0. The zero-order valence-corrected chi connectivity index (χ0v) is 34.4. The summed E-state index contributed by atoms with van der Waals surface area (Å²) < 4.78 is 4.82. The fraction of sp³-hybridized carbons (Fsp3) is 0.833. The Labute approximate surface area is 266 Å². The summed E-state index contributed by atoms with van der Waals surface area (Å²) in [6.07, 6.45) is 22.8. The van der Waals surface area contributed by atoms with E-state index in [1.807, 2.05) is 12.2 Å². The molecule has 0 unspecified atom stereocenters. The summed E-state index contributed by atoms with van der Waals surface area (Å²) in [5.74, 6) is 2.13. The van der Waals surface area contributed by atoms with Gasteiger partial charge in [0.15, 0.2) is 0 Å². The first kappa shape index (κ1) is 57.2. The molecule has 0 heterocycles. The Bertz CT molecular complexity index is 282. The Morgan fingerprint density at radius 3 is 0.941 bits per heavy atom. The van der Waals surface area contributed by atoms with E-state index in [4.69, 9.17) is 2.84 Å². The van der Waals surface area contributed by atoms with Crippen LogP contribution < -0.4 is 0 Å². The van der Waals surface area contributed by atoms with Gasteiger partial charge >= 0.3 is 32.2 Å². The first-order valence-corrected chi connectivity index (χ1v) is 20.8. The summed E-state index contributed by atoms with van der Waals surface area (Å²) in [5, 5.41) is 0. The quantitative estimate of drug-likeness (QED) is 0.128. The second-order valence-electron chi connectivity index (χ2n) is 6.44. The van der Waals surface area contributed by atoms with Crippen molar-refractivity contribution >= 4 is 93.2 Å². The fourth-order valence-electron chi connectivity index (χ4n) is 2.35. The number of hydrogen-bond acceptors (Lipinski definition) is 1. The van der Waals surface area contributed by atoms with Crippen molar-refractivity contribution in [1.82, 2.24) is 0 Å². The molecule has 1 radical (unpaired) electrons. The van der Waals surface area contributed by atoms with Crippen LogP contribution in [0.1, 0.15) is 68.7 Å². The first-order chi connectivity index (χ1) is 14.5. The van der Waals surface area contributed by atoms with Crippen LogP contribution in [0.25, 0.3) is 0 Å². The second kappa shape index (κ2) is 56.4. The van der Waals surface area contributed by atoms with Gasteiger partial charge in [0.05, 0.1) is 0 Å². The number of allylic oxidation sites excluding steroid dienone is 4. The molecule has 0 atom stereocenters. The summed E-state index contributed by atoms with van der Waals surface area (Å²) in [6.45, 7) is 20.6. The molecule has 0 fully saturated rings. The maximum absolute atomic E-state index is 4.82. The van der Waals surface area contributed by atoms with Crippen molar-refractivity contribution in [3.8, 4) is 0 Å². The SMILES string of the molecule is CCP(CC)CC.CCP(CC)CC.CCP(CC)CC.Cl.Cl.Cl.[C-]1=CC=CC1.[CH3][AlH][O][AlH2].[V]. The van der Waals surface area contributed by atoms with Crippen LogP contribution in [0.3, 0.4) is 0 Å². The molecule has 0 N–H and O–H groups in total. The van der Waals surface area contributed by atoms with E-state index in [0.29, 0.717) is 23.8 Å². The van der Waals surface area contributed by atoms with Gasteiger partial charge in [-0.25, -0.2) is 12.2 Å². The largest absolute Gasteiger partial charge is 0.645 e. The average molecular weight is 668 g/mol. The molecule has 0 saturated carbocycles. The van der Waals surface area contributed by atoms with Gasteiger partial charge in [-0.3, -0.25) is 6.08 Å². The van der Waals surface area contributed by atoms with Gasteiger partial charge in [-0.2, -0.15) is 6.08 Å². The molecule has 0 aromatic carbocycles. The summed E-state index contributed by atoms with van der Waals surface area (Å²) in [6, 6.07) is 0. The summed E-state index contributed by atoms with van der Waals surface area (Å²) in [7, 11) is 1.34. The molecule has 0 saturated heterocycles. The van der Waals surface area contributed by atoms with Crippen LogP contribution >= 0.6 is 61.0 Å². The van der Waals surface area contributed by atoms with E-state index < -0.39 is 0 Å². The zero-order valence-electron chi connectivity index (χ0n) is 24.4. The monoisotopic (exact) mass is 666 g/mol. The Kier molecular flexibility index (Phi) is 95.0. The third-order valence-corrected chi connectivity index (χ3v) is 15.3. The molecule has 0 amide bonds. The smallest absolute Gasteiger partial charge is 0.401 e. The van der Waals surface area contributed by atoms with Crippen molar-refractivity contribution in [1.29, 1.82) is 0 Å². The maximum Gasteiger partial charge on any atom is 0.401 e. The van der Waals surface area contributed by atoms with E-state index in [1.54, 1.807) is 0 Å². The molecule has 1 aliphatic carbocycles. The Hall–Kier alpha value is 3.25. The second-order valence-corrected chi connectivity index (χ2v) is 19.0. The molecule has 209 valence electrons. The molecule has 34 heavy (non-hydrogen) atoms. The van der Waals surface area contributed by atoms with Crippen LogP contribution in [0.15, 0.2) is 18.2 Å². The van der Waals surface area contributed by atoms with Crippen LogP contribution in [0, 0.1) is 6.08 Å². The van der Waals surface area contributed by atoms with Gasteiger partial charge in [0.2, 0.25) is 0 Å². The Morgan fingerprint density at radius 1 is 0.676 bits per heavy atom. The van der Waals surface area contributed by atoms with Gasteiger partial charge < -0.3 is 2.84 Å². The molecular formula is C24H59Al2Cl3OP3V-. The predicted octanol–water partition coefficient (Wildman–Crippen LogP) is 9.10. The fourth-order valence-corrected chi connectivity index (χ4v) is 6.38. The van der Waals surface area contributed by atoms with E-state index in [-0.39, 0.29) is 71.3 Å². The van der Waals surface area contributed by atoms with Crippen LogP contribution in [0.2, 0.25) is 5.79 Å². The number of hydrogen-bond donors (Lipinski definition) is 0. The van der Waals surface area contributed by atoms with Crippen molar-refractivity contribution in [2.45, 2.75) is 74.5 Å². The van der Waals surface area contributed by atoms with Crippen LogP contribution in [-0.4, -0.2) is 87.6 Å². The molecule has 0 aliphatic heterocycles. The van der Waals surface area contributed by atoms with Gasteiger partial charge in [0.1, 0.15) is 0 Å². The topological polar surface area (TPSA) is 9.23 Å². The van der Waals surface area contributed by atoms with E-state index in [2.05, 4.69) is 80.3 Å². The minimum atomic E-state index is -0.0139. The van der Waals surface area contributed by atoms with E-state index in [0.717, 1.165) is 23.0 Å². The van der Waals surface area contributed by atoms with Gasteiger partial charge in [-0.15, -0.1) is 67.4 Å². The minimum absolute atomic E-state index is 0. The molecule has 1 aliphatic rings. The molecule has 1 nitrogen and oxygen atoms in total. The van der Waals surface area contributed by atoms with E-state index >= 15 is 0 Å². The molecule has 0 spiro atoms. The van der Waals surface area contributed by atoms with Crippen molar-refractivity contribution < 1.29 is 21.4 Å². The summed E-state index contributed by atoms with van der Waals surface area (Å²) in [5.41, 5.74) is 0. The minimum Gasteiger partial charge on any atom is -0.645 e. The molecule has 0 bridgehead atoms. The van der Waals surface area contributed by atoms with E-state index in [9.17, 15) is 0 Å². The van der Waals surface area contributed by atoms with Crippen molar-refractivity contribution in [2.75, 3.05) is 55.5 Å². The summed E-state index contributed by atoms with van der Waals surface area (Å²) >= 11 is 0.938. The van der Waals surface area contributed by atoms with Gasteiger partial charge in [-0.1, -0.05) is 68.1 Å². The van der Waals surface area contributed by atoms with Crippen molar-refractivity contribution in [2.24, 2.45) is 0 Å². The predicted molar refractivity (Wildman–Crippen MR) is 182 cm³/mol. The van der Waals surface area contributed by atoms with Gasteiger partial charge in [0.25, 0.3) is 0 Å². The molecule has 0 aromatic rings. The Balaban J connectivity index is -0.0000000407.